The van der Waals surface area contributed by atoms with Crippen molar-refractivity contribution in [1.82, 2.24) is 10.3 Å². The minimum Gasteiger partial charge on any atom is -0.456 e. The van der Waals surface area contributed by atoms with Crippen LogP contribution >= 0.6 is 11.6 Å². The Labute approximate surface area is 130 Å². The van der Waals surface area contributed by atoms with Gasteiger partial charge < -0.3 is 10.1 Å². The molecular formula is C17H19ClN2O. The summed E-state index contributed by atoms with van der Waals surface area (Å²) < 4.78 is 5.76. The molecule has 0 bridgehead atoms. The molecular weight excluding hydrogens is 284 g/mol. The summed E-state index contributed by atoms with van der Waals surface area (Å²) in [5.41, 5.74) is 1.02. The van der Waals surface area contributed by atoms with Crippen LogP contribution in [0.4, 0.5) is 0 Å². The smallest absolute Gasteiger partial charge is 0.146 e. The molecule has 2 aromatic rings. The number of hydrogen-bond acceptors (Lipinski definition) is 3. The third-order valence-corrected chi connectivity index (χ3v) is 3.33. The predicted octanol–water partition coefficient (Wildman–Crippen LogP) is 4.54. The minimum atomic E-state index is 0.461. The van der Waals surface area contributed by atoms with Gasteiger partial charge >= 0.3 is 0 Å². The van der Waals surface area contributed by atoms with Crippen LogP contribution in [0.1, 0.15) is 18.9 Å². The van der Waals surface area contributed by atoms with E-state index in [9.17, 15) is 0 Å². The lowest BCUT2D eigenvalue weighted by Crippen LogP contribution is -2.19. The van der Waals surface area contributed by atoms with E-state index in [1.165, 1.54) is 0 Å². The minimum absolute atomic E-state index is 0.461. The van der Waals surface area contributed by atoms with Gasteiger partial charge in [0.25, 0.3) is 0 Å². The molecule has 1 heterocycles. The first-order valence-corrected chi connectivity index (χ1v) is 7.27. The second-order valence-electron chi connectivity index (χ2n) is 4.84. The third-order valence-electron chi connectivity index (χ3n) is 3.08. The molecule has 0 fully saturated rings. The van der Waals surface area contributed by atoms with Gasteiger partial charge in [0.15, 0.2) is 0 Å². The van der Waals surface area contributed by atoms with E-state index in [1.54, 1.807) is 18.3 Å². The highest BCUT2D eigenvalue weighted by Crippen LogP contribution is 2.23. The summed E-state index contributed by atoms with van der Waals surface area (Å²) in [6, 6.07) is 9.68. The predicted molar refractivity (Wildman–Crippen MR) is 87.9 cm³/mol. The van der Waals surface area contributed by atoms with Crippen LogP contribution < -0.4 is 10.1 Å². The SMILES string of the molecule is CN[C@H](C)C/C=C/c1cncc(Oc2ccc(Cl)cc2)c1. The van der Waals surface area contributed by atoms with Crippen LogP contribution in [0, 0.1) is 0 Å². The van der Waals surface area contributed by atoms with E-state index in [0.29, 0.717) is 16.8 Å². The molecule has 0 saturated heterocycles. The van der Waals surface area contributed by atoms with E-state index in [0.717, 1.165) is 17.7 Å². The summed E-state index contributed by atoms with van der Waals surface area (Å²) in [5, 5.41) is 3.89. The zero-order valence-electron chi connectivity index (χ0n) is 12.2. The van der Waals surface area contributed by atoms with Gasteiger partial charge in [0.05, 0.1) is 6.20 Å². The second-order valence-corrected chi connectivity index (χ2v) is 5.27. The third kappa shape index (κ3) is 5.21. The van der Waals surface area contributed by atoms with E-state index in [1.807, 2.05) is 31.4 Å². The largest absolute Gasteiger partial charge is 0.456 e. The summed E-state index contributed by atoms with van der Waals surface area (Å²) in [4.78, 5) is 4.20. The van der Waals surface area contributed by atoms with Gasteiger partial charge in [0.1, 0.15) is 11.5 Å². The average molecular weight is 303 g/mol. The summed E-state index contributed by atoms with van der Waals surface area (Å²) in [7, 11) is 1.96. The zero-order valence-corrected chi connectivity index (χ0v) is 13.0. The highest BCUT2D eigenvalue weighted by molar-refractivity contribution is 6.30. The van der Waals surface area contributed by atoms with Gasteiger partial charge in [0.2, 0.25) is 0 Å². The molecule has 2 rings (SSSR count). The van der Waals surface area contributed by atoms with Gasteiger partial charge in [-0.3, -0.25) is 4.98 Å². The Kier molecular flexibility index (Phi) is 5.78. The van der Waals surface area contributed by atoms with Gasteiger partial charge in [-0.2, -0.15) is 0 Å². The first-order valence-electron chi connectivity index (χ1n) is 6.89. The van der Waals surface area contributed by atoms with Crippen molar-refractivity contribution in [3.05, 3.63) is 59.4 Å². The normalized spacial score (nSPS) is 12.5. The summed E-state index contributed by atoms with van der Waals surface area (Å²) >= 11 is 5.85. The first-order chi connectivity index (χ1) is 10.2. The molecule has 1 atom stereocenters. The Bertz CT molecular complexity index is 596. The van der Waals surface area contributed by atoms with Crippen molar-refractivity contribution in [2.24, 2.45) is 0 Å². The fourth-order valence-electron chi connectivity index (χ4n) is 1.75. The quantitative estimate of drug-likeness (QED) is 0.850. The molecule has 0 aliphatic heterocycles. The van der Waals surface area contributed by atoms with Crippen molar-refractivity contribution < 1.29 is 4.74 Å². The van der Waals surface area contributed by atoms with Crippen molar-refractivity contribution in [2.45, 2.75) is 19.4 Å². The maximum Gasteiger partial charge on any atom is 0.146 e. The molecule has 0 radical (unpaired) electrons. The molecule has 0 amide bonds. The molecule has 0 spiro atoms. The van der Waals surface area contributed by atoms with Crippen molar-refractivity contribution in [3.8, 4) is 11.5 Å². The van der Waals surface area contributed by atoms with Crippen LogP contribution in [0.5, 0.6) is 11.5 Å². The van der Waals surface area contributed by atoms with Gasteiger partial charge in [-0.15, -0.1) is 0 Å². The first kappa shape index (κ1) is 15.5. The topological polar surface area (TPSA) is 34.2 Å². The van der Waals surface area contributed by atoms with Crippen LogP contribution in [-0.4, -0.2) is 18.1 Å². The van der Waals surface area contributed by atoms with Crippen LogP contribution in [-0.2, 0) is 0 Å². The second kappa shape index (κ2) is 7.81. The number of pyridine rings is 1. The lowest BCUT2D eigenvalue weighted by molar-refractivity contribution is 0.480. The Morgan fingerprint density at radius 1 is 1.24 bits per heavy atom. The fourth-order valence-corrected chi connectivity index (χ4v) is 1.87. The van der Waals surface area contributed by atoms with E-state index < -0.39 is 0 Å². The summed E-state index contributed by atoms with van der Waals surface area (Å²) in [6.45, 7) is 2.14. The van der Waals surface area contributed by atoms with Crippen LogP contribution in [0.25, 0.3) is 6.08 Å². The molecule has 1 aromatic heterocycles. The number of benzene rings is 1. The molecule has 0 aliphatic carbocycles. The van der Waals surface area contributed by atoms with E-state index in [2.05, 4.69) is 29.4 Å². The number of hydrogen-bond donors (Lipinski definition) is 1. The van der Waals surface area contributed by atoms with Crippen molar-refractivity contribution >= 4 is 17.7 Å². The summed E-state index contributed by atoms with van der Waals surface area (Å²) in [5.74, 6) is 1.45. The van der Waals surface area contributed by atoms with Gasteiger partial charge in [-0.1, -0.05) is 23.8 Å². The number of nitrogens with one attached hydrogen (secondary N) is 1. The summed E-state index contributed by atoms with van der Waals surface area (Å²) in [6.07, 6.45) is 8.66. The average Bonchev–Trinajstić information content (AvgIpc) is 2.50. The number of aromatic nitrogens is 1. The molecule has 0 aliphatic rings. The van der Waals surface area contributed by atoms with Crippen molar-refractivity contribution in [2.75, 3.05) is 7.05 Å². The van der Waals surface area contributed by atoms with Crippen molar-refractivity contribution in [1.29, 1.82) is 0 Å². The van der Waals surface area contributed by atoms with Crippen LogP contribution in [0.3, 0.4) is 0 Å². The molecule has 110 valence electrons. The molecule has 21 heavy (non-hydrogen) atoms. The van der Waals surface area contributed by atoms with E-state index in [-0.39, 0.29) is 0 Å². The maximum atomic E-state index is 5.85. The Balaban J connectivity index is 2.02. The highest BCUT2D eigenvalue weighted by atomic mass is 35.5. The Hall–Kier alpha value is -1.84. The standard InChI is InChI=1S/C17H19ClN2O/c1-13(19-2)4-3-5-14-10-17(12-20-11-14)21-16-8-6-15(18)7-9-16/h3,5-13,19H,4H2,1-2H3/b5-3+/t13-/m1/s1. The molecule has 1 N–H and O–H groups in total. The molecule has 0 unspecified atom stereocenters. The lowest BCUT2D eigenvalue weighted by atomic mass is 10.2. The van der Waals surface area contributed by atoms with Crippen molar-refractivity contribution in [3.63, 3.8) is 0 Å². The zero-order chi connectivity index (χ0) is 15.1. The van der Waals surface area contributed by atoms with Gasteiger partial charge in [0, 0.05) is 17.3 Å². The lowest BCUT2D eigenvalue weighted by Gasteiger charge is -2.06. The van der Waals surface area contributed by atoms with E-state index in [4.69, 9.17) is 16.3 Å². The number of ether oxygens (including phenoxy) is 1. The Morgan fingerprint density at radius 2 is 2.00 bits per heavy atom. The molecule has 3 nitrogen and oxygen atoms in total. The van der Waals surface area contributed by atoms with Crippen LogP contribution in [0.2, 0.25) is 5.02 Å². The monoisotopic (exact) mass is 302 g/mol. The van der Waals surface area contributed by atoms with Crippen LogP contribution in [0.15, 0.2) is 48.8 Å². The van der Waals surface area contributed by atoms with E-state index >= 15 is 0 Å². The number of halogens is 1. The molecule has 1 aromatic carbocycles. The number of rotatable bonds is 6. The molecule has 4 heteroatoms. The Morgan fingerprint density at radius 3 is 2.71 bits per heavy atom. The number of nitrogens with zero attached hydrogens (tertiary/aromatic N) is 1. The maximum absolute atomic E-state index is 5.85. The molecule has 0 saturated carbocycles. The fraction of sp³-hybridized carbons (Fsp3) is 0.235. The van der Waals surface area contributed by atoms with Gasteiger partial charge in [-0.25, -0.2) is 0 Å². The highest BCUT2D eigenvalue weighted by Gasteiger charge is 1.99. The van der Waals surface area contributed by atoms with Gasteiger partial charge in [-0.05, 0) is 56.3 Å².